The lowest BCUT2D eigenvalue weighted by atomic mass is 10.1. The van der Waals surface area contributed by atoms with Crippen LogP contribution in [0.2, 0.25) is 0 Å². The number of amides is 1. The smallest absolute Gasteiger partial charge is 0.241 e. The zero-order valence-corrected chi connectivity index (χ0v) is 17.6. The van der Waals surface area contributed by atoms with Crippen molar-refractivity contribution in [1.82, 2.24) is 5.32 Å². The van der Waals surface area contributed by atoms with E-state index in [1.807, 2.05) is 0 Å². The Morgan fingerprint density at radius 2 is 1.75 bits per heavy atom. The first-order chi connectivity index (χ1) is 13.4. The minimum atomic E-state index is -3.85. The molecule has 0 saturated heterocycles. The van der Waals surface area contributed by atoms with Crippen LogP contribution in [0, 0.1) is 5.82 Å². The van der Waals surface area contributed by atoms with E-state index in [1.54, 1.807) is 24.3 Å². The number of sulfone groups is 1. The monoisotopic (exact) mass is 469 g/mol. The predicted molar refractivity (Wildman–Crippen MR) is 107 cm³/mol. The fourth-order valence-corrected chi connectivity index (χ4v) is 5.80. The average molecular weight is 470 g/mol. The van der Waals surface area contributed by atoms with E-state index in [4.69, 9.17) is 4.74 Å². The Morgan fingerprint density at radius 3 is 2.39 bits per heavy atom. The molecule has 150 valence electrons. The molecule has 1 aliphatic carbocycles. The highest BCUT2D eigenvalue weighted by Gasteiger charge is 2.52. The fraction of sp³-hybridized carbons (Fsp3) is 0.350. The Kier molecular flexibility index (Phi) is 6.40. The van der Waals surface area contributed by atoms with E-state index in [-0.39, 0.29) is 36.6 Å². The van der Waals surface area contributed by atoms with Gasteiger partial charge in [0.05, 0.1) is 11.4 Å². The summed E-state index contributed by atoms with van der Waals surface area (Å²) >= 11 is 3.29. The summed E-state index contributed by atoms with van der Waals surface area (Å²) < 4.78 is 44.7. The Hall–Kier alpha value is -1.93. The maximum atomic E-state index is 13.6. The van der Waals surface area contributed by atoms with Gasteiger partial charge in [0.15, 0.2) is 26.2 Å². The Labute approximate surface area is 172 Å². The lowest BCUT2D eigenvalue weighted by Crippen LogP contribution is -2.51. The normalized spacial score (nSPS) is 15.9. The first-order valence-corrected chi connectivity index (χ1v) is 11.3. The first kappa shape index (κ1) is 20.8. The molecule has 1 N–H and O–H groups in total. The maximum Gasteiger partial charge on any atom is 0.241 e. The zero-order valence-electron chi connectivity index (χ0n) is 15.2. The number of carbonyl (C=O) groups excluding carboxylic acids is 1. The Bertz CT molecular complexity index is 941. The van der Waals surface area contributed by atoms with Crippen LogP contribution in [-0.4, -0.2) is 32.2 Å². The molecule has 1 amide bonds. The molecule has 0 heterocycles. The molecule has 0 spiro atoms. The largest absolute Gasteiger partial charge is 0.489 e. The second-order valence-electron chi connectivity index (χ2n) is 6.69. The van der Waals surface area contributed by atoms with Crippen LogP contribution in [0.5, 0.6) is 5.75 Å². The summed E-state index contributed by atoms with van der Waals surface area (Å²) in [6.07, 6.45) is 1.92. The van der Waals surface area contributed by atoms with Gasteiger partial charge in [-0.1, -0.05) is 40.9 Å². The van der Waals surface area contributed by atoms with Crippen molar-refractivity contribution in [2.75, 3.05) is 13.2 Å². The van der Waals surface area contributed by atoms with Crippen LogP contribution in [-0.2, 0) is 14.6 Å². The first-order valence-electron chi connectivity index (χ1n) is 9.03. The summed E-state index contributed by atoms with van der Waals surface area (Å²) in [5.74, 6) is -0.918. The van der Waals surface area contributed by atoms with Crippen molar-refractivity contribution in [2.24, 2.45) is 0 Å². The number of hydrogen-bond donors (Lipinski definition) is 1. The van der Waals surface area contributed by atoms with Gasteiger partial charge in [0.2, 0.25) is 5.91 Å². The summed E-state index contributed by atoms with van der Waals surface area (Å²) in [4.78, 5) is 13.0. The Balaban J connectivity index is 1.70. The lowest BCUT2D eigenvalue weighted by Gasteiger charge is -2.27. The predicted octanol–water partition coefficient (Wildman–Crippen LogP) is 3.87. The summed E-state index contributed by atoms with van der Waals surface area (Å²) in [6.45, 7) is 0.131. The molecule has 5 nitrogen and oxygen atoms in total. The molecule has 1 aliphatic rings. The number of para-hydroxylation sites is 1. The highest BCUT2D eigenvalue weighted by atomic mass is 79.9. The molecule has 3 rings (SSSR count). The van der Waals surface area contributed by atoms with Gasteiger partial charge in [0.1, 0.15) is 6.61 Å². The minimum absolute atomic E-state index is 0.0427. The molecule has 0 atom stereocenters. The summed E-state index contributed by atoms with van der Waals surface area (Å²) in [5, 5.41) is 2.67. The number of benzene rings is 2. The van der Waals surface area contributed by atoms with Gasteiger partial charge < -0.3 is 10.1 Å². The maximum absolute atomic E-state index is 13.6. The second kappa shape index (κ2) is 8.61. The molecule has 0 bridgehead atoms. The number of carbonyl (C=O) groups is 1. The quantitative estimate of drug-likeness (QED) is 0.624. The zero-order chi connectivity index (χ0) is 20.2. The van der Waals surface area contributed by atoms with Crippen molar-refractivity contribution in [3.8, 4) is 5.75 Å². The van der Waals surface area contributed by atoms with Gasteiger partial charge in [0.25, 0.3) is 0 Å². The van der Waals surface area contributed by atoms with Crippen LogP contribution >= 0.6 is 15.9 Å². The van der Waals surface area contributed by atoms with Crippen molar-refractivity contribution >= 4 is 31.7 Å². The second-order valence-corrected chi connectivity index (χ2v) is 9.87. The number of hydrogen-bond acceptors (Lipinski definition) is 4. The highest BCUT2D eigenvalue weighted by Crippen LogP contribution is 2.41. The Morgan fingerprint density at radius 1 is 1.11 bits per heavy atom. The molecule has 28 heavy (non-hydrogen) atoms. The molecule has 8 heteroatoms. The topological polar surface area (TPSA) is 72.5 Å². The van der Waals surface area contributed by atoms with Crippen molar-refractivity contribution in [2.45, 2.75) is 35.3 Å². The van der Waals surface area contributed by atoms with E-state index in [0.717, 1.165) is 4.47 Å². The van der Waals surface area contributed by atoms with Gasteiger partial charge in [-0.3, -0.25) is 4.79 Å². The van der Waals surface area contributed by atoms with Crippen LogP contribution in [0.4, 0.5) is 4.39 Å². The van der Waals surface area contributed by atoms with Gasteiger partial charge in [-0.05, 0) is 49.2 Å². The van der Waals surface area contributed by atoms with E-state index in [9.17, 15) is 17.6 Å². The molecule has 1 saturated carbocycles. The van der Waals surface area contributed by atoms with Crippen LogP contribution in [0.15, 0.2) is 57.9 Å². The number of halogens is 2. The van der Waals surface area contributed by atoms with Gasteiger partial charge in [0, 0.05) is 4.47 Å². The van der Waals surface area contributed by atoms with E-state index in [2.05, 4.69) is 21.2 Å². The highest BCUT2D eigenvalue weighted by molar-refractivity contribution is 9.10. The van der Waals surface area contributed by atoms with Crippen LogP contribution in [0.25, 0.3) is 0 Å². The molecule has 1 fully saturated rings. The van der Waals surface area contributed by atoms with Crippen molar-refractivity contribution in [1.29, 1.82) is 0 Å². The van der Waals surface area contributed by atoms with E-state index in [0.29, 0.717) is 12.8 Å². The molecule has 0 radical (unpaired) electrons. The average Bonchev–Trinajstić information content (AvgIpc) is 3.18. The van der Waals surface area contributed by atoms with Gasteiger partial charge in [-0.25, -0.2) is 12.8 Å². The fourth-order valence-electron chi connectivity index (χ4n) is 3.45. The lowest BCUT2D eigenvalue weighted by molar-refractivity contribution is -0.123. The molecule has 0 unspecified atom stereocenters. The number of ether oxygens (including phenoxy) is 1. The van der Waals surface area contributed by atoms with E-state index < -0.39 is 26.3 Å². The molecular weight excluding hydrogens is 449 g/mol. The van der Waals surface area contributed by atoms with Crippen molar-refractivity contribution in [3.05, 3.63) is 58.8 Å². The number of rotatable bonds is 7. The third-order valence-electron chi connectivity index (χ3n) is 4.95. The summed E-state index contributed by atoms with van der Waals surface area (Å²) in [7, 11) is -3.85. The molecular formula is C20H21BrFNO4S. The standard InChI is InChI=1S/C20H21BrFNO4S/c21-15-7-9-16(10-8-15)28(25,26)20(11-3-4-12-20)19(24)23-13-14-27-18-6-2-1-5-17(18)22/h1-2,5-10H,3-4,11-14H2,(H,23,24). The van der Waals surface area contributed by atoms with E-state index in [1.165, 1.54) is 24.3 Å². The van der Waals surface area contributed by atoms with Crippen LogP contribution in [0.1, 0.15) is 25.7 Å². The molecule has 0 aromatic heterocycles. The third-order valence-corrected chi connectivity index (χ3v) is 7.99. The van der Waals surface area contributed by atoms with E-state index >= 15 is 0 Å². The minimum Gasteiger partial charge on any atom is -0.489 e. The summed E-state index contributed by atoms with van der Waals surface area (Å²) in [6, 6.07) is 12.3. The van der Waals surface area contributed by atoms with Gasteiger partial charge in [-0.2, -0.15) is 0 Å². The molecule has 2 aromatic rings. The van der Waals surface area contributed by atoms with Gasteiger partial charge >= 0.3 is 0 Å². The molecule has 2 aromatic carbocycles. The van der Waals surface area contributed by atoms with Crippen molar-refractivity contribution < 1.29 is 22.3 Å². The van der Waals surface area contributed by atoms with Crippen LogP contribution < -0.4 is 10.1 Å². The van der Waals surface area contributed by atoms with Crippen LogP contribution in [0.3, 0.4) is 0 Å². The summed E-state index contributed by atoms with van der Waals surface area (Å²) in [5.41, 5.74) is 0. The molecule has 0 aliphatic heterocycles. The third kappa shape index (κ3) is 4.07. The van der Waals surface area contributed by atoms with Gasteiger partial charge in [-0.15, -0.1) is 0 Å². The van der Waals surface area contributed by atoms with Crippen molar-refractivity contribution in [3.63, 3.8) is 0 Å². The number of nitrogens with one attached hydrogen (secondary N) is 1. The SMILES string of the molecule is O=C(NCCOc1ccccc1F)C1(S(=O)(=O)c2ccc(Br)cc2)CCCC1.